The molecule has 0 spiro atoms. The van der Waals surface area contributed by atoms with E-state index in [1.165, 1.54) is 0 Å². The van der Waals surface area contributed by atoms with Gasteiger partial charge in [0.25, 0.3) is 6.33 Å². The number of rotatable bonds is 1. The lowest BCUT2D eigenvalue weighted by molar-refractivity contribution is -0.660. The van der Waals surface area contributed by atoms with E-state index in [4.69, 9.17) is 0 Å². The molecule has 0 saturated carbocycles. The maximum absolute atomic E-state index is 4.34. The van der Waals surface area contributed by atoms with Crippen LogP contribution < -0.4 is 4.68 Å². The minimum atomic E-state index is 0.915. The summed E-state index contributed by atoms with van der Waals surface area (Å²) in [7, 11) is 0. The van der Waals surface area contributed by atoms with Crippen LogP contribution in [0.4, 0.5) is 0 Å². The lowest BCUT2D eigenvalue weighted by Gasteiger charge is -1.97. The molecular formula is C10H8N5+. The molecule has 0 aliphatic heterocycles. The molecule has 0 atom stereocenters. The Morgan fingerprint density at radius 2 is 2.13 bits per heavy atom. The highest BCUT2D eigenvalue weighted by molar-refractivity contribution is 5.79. The van der Waals surface area contributed by atoms with Gasteiger partial charge in [-0.2, -0.15) is 0 Å². The number of pyridine rings is 1. The van der Waals surface area contributed by atoms with Crippen molar-refractivity contribution in [1.82, 2.24) is 20.5 Å². The van der Waals surface area contributed by atoms with Crippen molar-refractivity contribution in [1.29, 1.82) is 0 Å². The van der Waals surface area contributed by atoms with Gasteiger partial charge in [-0.3, -0.25) is 4.98 Å². The van der Waals surface area contributed by atoms with Crippen LogP contribution in [0.3, 0.4) is 0 Å². The Kier molecular flexibility index (Phi) is 1.68. The normalized spacial score (nSPS) is 10.7. The van der Waals surface area contributed by atoms with E-state index in [1.807, 2.05) is 30.3 Å². The molecule has 0 amide bonds. The lowest BCUT2D eigenvalue weighted by atomic mass is 10.2. The van der Waals surface area contributed by atoms with Gasteiger partial charge in [0.15, 0.2) is 5.21 Å². The van der Waals surface area contributed by atoms with Crippen molar-refractivity contribution in [3.63, 3.8) is 0 Å². The molecule has 0 bridgehead atoms. The van der Waals surface area contributed by atoms with Gasteiger partial charge in [-0.1, -0.05) is 23.4 Å². The zero-order valence-electron chi connectivity index (χ0n) is 7.83. The number of nitrogens with zero attached hydrogens (tertiary/aromatic N) is 4. The zero-order chi connectivity index (χ0) is 10.1. The fourth-order valence-corrected chi connectivity index (χ4v) is 1.49. The largest absolute Gasteiger partial charge is 0.293 e. The first-order valence-electron chi connectivity index (χ1n) is 4.56. The molecule has 0 aliphatic carbocycles. The van der Waals surface area contributed by atoms with Crippen molar-refractivity contribution in [2.45, 2.75) is 0 Å². The Morgan fingerprint density at radius 3 is 3.00 bits per heavy atom. The van der Waals surface area contributed by atoms with E-state index in [0.29, 0.717) is 0 Å². The van der Waals surface area contributed by atoms with Crippen molar-refractivity contribution in [2.75, 3.05) is 0 Å². The fraction of sp³-hybridized carbons (Fsp3) is 0. The number of benzene rings is 1. The van der Waals surface area contributed by atoms with Crippen molar-refractivity contribution in [2.24, 2.45) is 0 Å². The first-order chi connectivity index (χ1) is 7.43. The average molecular weight is 198 g/mol. The fourth-order valence-electron chi connectivity index (χ4n) is 1.49. The Morgan fingerprint density at radius 1 is 1.20 bits per heavy atom. The molecule has 0 saturated heterocycles. The van der Waals surface area contributed by atoms with E-state index in [1.54, 1.807) is 17.2 Å². The van der Waals surface area contributed by atoms with E-state index in [2.05, 4.69) is 20.5 Å². The third-order valence-corrected chi connectivity index (χ3v) is 2.23. The van der Waals surface area contributed by atoms with Gasteiger partial charge in [0.2, 0.25) is 0 Å². The second kappa shape index (κ2) is 3.13. The topological polar surface area (TPSA) is 58.3 Å². The molecule has 0 unspecified atom stereocenters. The van der Waals surface area contributed by atoms with Crippen LogP contribution in [0.25, 0.3) is 16.6 Å². The SMILES string of the molecule is c1ccc2ncc(-[n+]3cnn[nH]3)cc2c1. The molecule has 15 heavy (non-hydrogen) atoms. The van der Waals surface area contributed by atoms with Crippen LogP contribution in [0.15, 0.2) is 42.9 Å². The van der Waals surface area contributed by atoms with E-state index >= 15 is 0 Å². The summed E-state index contributed by atoms with van der Waals surface area (Å²) in [4.78, 5) is 4.34. The number of aromatic amines is 1. The first kappa shape index (κ1) is 8.05. The summed E-state index contributed by atoms with van der Waals surface area (Å²) >= 11 is 0. The quantitative estimate of drug-likeness (QED) is 0.583. The average Bonchev–Trinajstić information content (AvgIpc) is 2.82. The summed E-state index contributed by atoms with van der Waals surface area (Å²) in [5.41, 5.74) is 1.90. The maximum Gasteiger partial charge on any atom is 0.293 e. The highest BCUT2D eigenvalue weighted by Gasteiger charge is 2.04. The van der Waals surface area contributed by atoms with Gasteiger partial charge < -0.3 is 0 Å². The van der Waals surface area contributed by atoms with Gasteiger partial charge in [0.05, 0.1) is 11.7 Å². The molecule has 0 aliphatic rings. The summed E-state index contributed by atoms with van der Waals surface area (Å²) in [6.07, 6.45) is 3.38. The summed E-state index contributed by atoms with van der Waals surface area (Å²) in [6.45, 7) is 0. The molecule has 1 N–H and O–H groups in total. The number of para-hydroxylation sites is 1. The summed E-state index contributed by atoms with van der Waals surface area (Å²) in [5, 5.41) is 11.2. The van der Waals surface area contributed by atoms with Crippen molar-refractivity contribution >= 4 is 10.9 Å². The second-order valence-electron chi connectivity index (χ2n) is 3.19. The number of hydrogen-bond acceptors (Lipinski definition) is 3. The monoisotopic (exact) mass is 198 g/mol. The molecule has 3 aromatic rings. The van der Waals surface area contributed by atoms with Gasteiger partial charge in [-0.15, -0.1) is 4.68 Å². The number of aromatic nitrogens is 5. The number of H-pyrrole nitrogens is 1. The van der Waals surface area contributed by atoms with Gasteiger partial charge >= 0.3 is 0 Å². The first-order valence-corrected chi connectivity index (χ1v) is 4.56. The minimum Gasteiger partial charge on any atom is -0.253 e. The third kappa shape index (κ3) is 1.34. The molecule has 0 fully saturated rings. The Bertz CT molecular complexity index is 588. The predicted molar refractivity (Wildman–Crippen MR) is 53.2 cm³/mol. The molecule has 1 aromatic carbocycles. The number of tetrazole rings is 1. The number of hydrogen-bond donors (Lipinski definition) is 1. The van der Waals surface area contributed by atoms with Crippen LogP contribution in [0, 0.1) is 0 Å². The number of fused-ring (bicyclic) bond motifs is 1. The summed E-state index contributed by atoms with van der Waals surface area (Å²) in [6, 6.07) is 10.00. The third-order valence-electron chi connectivity index (χ3n) is 2.23. The maximum atomic E-state index is 4.34. The molecule has 5 heteroatoms. The van der Waals surface area contributed by atoms with E-state index in [0.717, 1.165) is 16.6 Å². The van der Waals surface area contributed by atoms with E-state index < -0.39 is 0 Å². The van der Waals surface area contributed by atoms with Crippen LogP contribution in [0.1, 0.15) is 0 Å². The standard InChI is InChI=1S/C10H7N5/c1-2-4-10-8(3-1)5-9(6-11-10)15-7-12-13-14-15/h1-7H/p+1. The second-order valence-corrected chi connectivity index (χ2v) is 3.19. The van der Waals surface area contributed by atoms with Crippen LogP contribution in [-0.4, -0.2) is 20.5 Å². The summed E-state index contributed by atoms with van der Waals surface area (Å²) < 4.78 is 1.71. The van der Waals surface area contributed by atoms with Gasteiger partial charge in [-0.25, -0.2) is 0 Å². The highest BCUT2D eigenvalue weighted by Crippen LogP contribution is 2.11. The minimum absolute atomic E-state index is 0.915. The molecular weight excluding hydrogens is 190 g/mol. The molecule has 0 radical (unpaired) electrons. The molecule has 72 valence electrons. The Balaban J connectivity index is 2.22. The van der Waals surface area contributed by atoms with Crippen LogP contribution >= 0.6 is 0 Å². The highest BCUT2D eigenvalue weighted by atomic mass is 15.5. The molecule has 2 heterocycles. The zero-order valence-corrected chi connectivity index (χ0v) is 7.83. The Labute approximate surface area is 85.4 Å². The predicted octanol–water partition coefficient (Wildman–Crippen LogP) is 0.630. The Hall–Kier alpha value is -2.30. The molecule has 2 aromatic heterocycles. The van der Waals surface area contributed by atoms with Crippen LogP contribution in [0.2, 0.25) is 0 Å². The van der Waals surface area contributed by atoms with Gasteiger partial charge in [0.1, 0.15) is 10.8 Å². The van der Waals surface area contributed by atoms with Crippen molar-refractivity contribution in [3.05, 3.63) is 42.9 Å². The van der Waals surface area contributed by atoms with Gasteiger partial charge in [0, 0.05) is 5.39 Å². The van der Waals surface area contributed by atoms with Crippen LogP contribution in [0.5, 0.6) is 0 Å². The van der Waals surface area contributed by atoms with E-state index in [-0.39, 0.29) is 0 Å². The van der Waals surface area contributed by atoms with Crippen molar-refractivity contribution < 1.29 is 4.68 Å². The summed E-state index contributed by atoms with van der Waals surface area (Å²) in [5.74, 6) is 0. The van der Waals surface area contributed by atoms with Gasteiger partial charge in [-0.05, 0) is 12.1 Å². The number of nitrogens with one attached hydrogen (secondary N) is 1. The lowest BCUT2D eigenvalue weighted by Crippen LogP contribution is -2.31. The smallest absolute Gasteiger partial charge is 0.253 e. The molecule has 3 rings (SSSR count). The van der Waals surface area contributed by atoms with Crippen LogP contribution in [-0.2, 0) is 0 Å². The van der Waals surface area contributed by atoms with Crippen molar-refractivity contribution in [3.8, 4) is 5.69 Å². The molecule has 5 nitrogen and oxygen atoms in total. The van der Waals surface area contributed by atoms with E-state index in [9.17, 15) is 0 Å².